The lowest BCUT2D eigenvalue weighted by Crippen LogP contribution is -2.26. The Morgan fingerprint density at radius 3 is 1.27 bits per heavy atom. The summed E-state index contributed by atoms with van der Waals surface area (Å²) in [6, 6.07) is 55.6. The number of nitrogens with zero attached hydrogens (tertiary/aromatic N) is 15. The SMILES string of the molecule is Cn1cc(-c2cc3c(-c4ccc(OC5CCOCC5)c(C#N)c4)ccnc3[nH]2)cn1.Cn1cc(-c2cc3c(-c4ccc(OC5CCOCC5)c(C#N)c4)ccnc3n2S(=O)(=O)c2ccccc2)cn1.Cn1cc(-c2cc3c(Br)ccnc3n2S(=O)(=O)c2ccccc2)cn1.O=S(=O)(c1ccccc1)n1c(I)cc2c(Br)ccnc21. The Hall–Kier alpha value is -11.5. The van der Waals surface area contributed by atoms with E-state index in [2.05, 4.69) is 90.3 Å². The number of ether oxygens (including phenoxy) is 4. The number of aromatic amines is 1. The third-order valence-electron chi connectivity index (χ3n) is 19.0. The molecule has 0 bridgehead atoms. The summed E-state index contributed by atoms with van der Waals surface area (Å²) in [5, 5.41) is 35.4. The molecule has 0 spiro atoms. The predicted molar refractivity (Wildman–Crippen MR) is 446 cm³/mol. The molecule has 114 heavy (non-hydrogen) atoms. The van der Waals surface area contributed by atoms with Gasteiger partial charge in [0.15, 0.2) is 16.9 Å². The van der Waals surface area contributed by atoms with Gasteiger partial charge >= 0.3 is 0 Å². The van der Waals surface area contributed by atoms with E-state index in [0.29, 0.717) is 91.9 Å². The molecule has 0 atom stereocenters. The van der Waals surface area contributed by atoms with Crippen molar-refractivity contribution in [3.63, 3.8) is 0 Å². The van der Waals surface area contributed by atoms with Crippen LogP contribution < -0.4 is 9.47 Å². The minimum absolute atomic E-state index is 0.00333. The van der Waals surface area contributed by atoms with Gasteiger partial charge in [0.25, 0.3) is 30.1 Å². The molecule has 0 unspecified atom stereocenters. The monoisotopic (exact) mass is 1820 g/mol. The van der Waals surface area contributed by atoms with Crippen molar-refractivity contribution >= 4 is 129 Å². The molecule has 0 aliphatic carbocycles. The number of nitrogens with one attached hydrogen (secondary N) is 1. The Morgan fingerprint density at radius 2 is 0.833 bits per heavy atom. The normalized spacial score (nSPS) is 13.5. The van der Waals surface area contributed by atoms with Crippen molar-refractivity contribution in [3.8, 4) is 79.7 Å². The fraction of sp³-hybridized carbons (Fsp3) is 0.159. The number of hydrogen-bond acceptors (Lipinski definition) is 19. The average Bonchev–Trinajstić information content (AvgIpc) is 1.57. The number of aryl methyl sites for hydroxylation is 3. The molecule has 26 nitrogen and oxygen atoms in total. The van der Waals surface area contributed by atoms with Crippen LogP contribution in [-0.4, -0.2) is 130 Å². The molecule has 574 valence electrons. The van der Waals surface area contributed by atoms with E-state index in [4.69, 9.17) is 18.9 Å². The van der Waals surface area contributed by atoms with Crippen LogP contribution in [0.15, 0.2) is 262 Å². The van der Waals surface area contributed by atoms with Crippen LogP contribution in [0.1, 0.15) is 36.8 Å². The fourth-order valence-electron chi connectivity index (χ4n) is 13.4. The first kappa shape index (κ1) is 77.8. The highest BCUT2D eigenvalue weighted by atomic mass is 127. The van der Waals surface area contributed by atoms with Crippen molar-refractivity contribution in [1.82, 2.24) is 66.2 Å². The Balaban J connectivity index is 0.000000123. The van der Waals surface area contributed by atoms with Gasteiger partial charge in [0.2, 0.25) is 0 Å². The van der Waals surface area contributed by atoms with Crippen molar-refractivity contribution in [2.24, 2.45) is 21.1 Å². The molecule has 32 heteroatoms. The summed E-state index contributed by atoms with van der Waals surface area (Å²) >= 11 is 8.90. The van der Waals surface area contributed by atoms with Gasteiger partial charge < -0.3 is 23.9 Å². The first-order valence-electron chi connectivity index (χ1n) is 35.6. The number of nitriles is 2. The van der Waals surface area contributed by atoms with Gasteiger partial charge in [-0.25, -0.2) is 57.1 Å². The molecular formula is C82H67Br2IN16O10S3. The lowest BCUT2D eigenvalue weighted by molar-refractivity contribution is 0.0252. The van der Waals surface area contributed by atoms with Gasteiger partial charge in [0, 0.05) is 137 Å². The van der Waals surface area contributed by atoms with Gasteiger partial charge in [-0.05, 0) is 186 Å². The highest BCUT2D eigenvalue weighted by Crippen LogP contribution is 2.41. The molecule has 2 saturated heterocycles. The van der Waals surface area contributed by atoms with E-state index in [0.717, 1.165) is 89.9 Å². The Kier molecular flexibility index (Phi) is 22.7. The molecule has 18 rings (SSSR count). The predicted octanol–water partition coefficient (Wildman–Crippen LogP) is 15.9. The number of benzene rings is 5. The standard InChI is InChI=1S/C29H25N5O4S.C23H21N5O2.C17H13BrN4O2S.C13H8BrIN2O2S/c1-33-19-22(18-32-33)27-16-26-25(9-12-31-29(26)34(27)39(35,36)24-5-3-2-4-6-24)20-7-8-28(21(15-20)17-30)38-23-10-13-37-14-11-23;1-28-14-17(13-26-28)21-11-20-19(4-7-25-23(20)27-21)15-2-3-22(16(10-15)12-24)30-18-5-8-29-9-6-18;1-21-11-12(10-20-21)16-9-14-15(18)7-8-19-17(14)22(16)25(23,24)13-5-3-2-4-6-13;14-11-6-7-16-13-10(11)8-12(15)17(13)20(18,19)9-4-2-1-3-5-9/h2-9,12,15-16,18-19,23H,10-11,13-14H2,1H3;2-4,7,10-11,13-14,18H,5-6,8-9H2,1H3,(H,25,27);2-11H,1H3;1-8H. The second-order valence-electron chi connectivity index (χ2n) is 26.4. The number of hydrogen-bond donors (Lipinski definition) is 1. The first-order chi connectivity index (χ1) is 55.2. The maximum absolute atomic E-state index is 13.9. The highest BCUT2D eigenvalue weighted by molar-refractivity contribution is 14.1. The van der Waals surface area contributed by atoms with Crippen molar-refractivity contribution in [2.45, 2.75) is 52.6 Å². The van der Waals surface area contributed by atoms with E-state index >= 15 is 0 Å². The summed E-state index contributed by atoms with van der Waals surface area (Å²) in [5.74, 6) is 1.15. The first-order valence-corrected chi connectivity index (χ1v) is 42.6. The lowest BCUT2D eigenvalue weighted by atomic mass is 10.0. The third kappa shape index (κ3) is 16.0. The van der Waals surface area contributed by atoms with Crippen molar-refractivity contribution in [2.75, 3.05) is 26.4 Å². The summed E-state index contributed by atoms with van der Waals surface area (Å²) in [6.45, 7) is 2.68. The number of rotatable bonds is 15. The molecule has 13 heterocycles. The van der Waals surface area contributed by atoms with Crippen molar-refractivity contribution in [3.05, 3.63) is 262 Å². The summed E-state index contributed by atoms with van der Waals surface area (Å²) in [5.41, 5.74) is 10.6. The summed E-state index contributed by atoms with van der Waals surface area (Å²) in [4.78, 5) is 21.5. The zero-order chi connectivity index (χ0) is 79.4. The molecular weight excluding hydrogens is 1750 g/mol. The minimum atomic E-state index is -3.99. The van der Waals surface area contributed by atoms with Crippen LogP contribution in [0.3, 0.4) is 0 Å². The largest absolute Gasteiger partial charge is 0.489 e. The van der Waals surface area contributed by atoms with E-state index in [-0.39, 0.29) is 32.5 Å². The van der Waals surface area contributed by atoms with Crippen LogP contribution in [0.5, 0.6) is 11.5 Å². The third-order valence-corrected chi connectivity index (χ3v) is 26.6. The van der Waals surface area contributed by atoms with Crippen LogP contribution >= 0.6 is 54.5 Å². The van der Waals surface area contributed by atoms with Crippen LogP contribution in [0.4, 0.5) is 0 Å². The number of aromatic nitrogens is 14. The molecule has 1 N–H and O–H groups in total. The van der Waals surface area contributed by atoms with Gasteiger partial charge in [-0.1, -0.05) is 66.7 Å². The molecule has 2 aliphatic heterocycles. The maximum atomic E-state index is 13.9. The second kappa shape index (κ2) is 33.3. The quantitative estimate of drug-likeness (QED) is 0.0932. The van der Waals surface area contributed by atoms with Crippen molar-refractivity contribution < 1.29 is 44.2 Å². The summed E-state index contributed by atoms with van der Waals surface area (Å²) < 4.78 is 114. The van der Waals surface area contributed by atoms with Gasteiger partial charge in [-0.2, -0.15) is 25.8 Å². The smallest absolute Gasteiger partial charge is 0.270 e. The Bertz CT molecular complexity index is 6720. The lowest BCUT2D eigenvalue weighted by Gasteiger charge is -2.24. The van der Waals surface area contributed by atoms with E-state index in [1.54, 1.807) is 199 Å². The molecule has 0 saturated carbocycles. The summed E-state index contributed by atoms with van der Waals surface area (Å²) in [7, 11) is -5.99. The van der Waals surface area contributed by atoms with Crippen LogP contribution in [0.25, 0.3) is 100 Å². The van der Waals surface area contributed by atoms with E-state index in [1.165, 1.54) is 11.9 Å². The topological polar surface area (TPSA) is 323 Å². The summed E-state index contributed by atoms with van der Waals surface area (Å²) in [6.07, 6.45) is 20.4. The molecule has 11 aromatic heterocycles. The van der Waals surface area contributed by atoms with Gasteiger partial charge in [0.1, 0.15) is 41.5 Å². The van der Waals surface area contributed by atoms with Crippen molar-refractivity contribution in [1.29, 1.82) is 10.5 Å². The maximum Gasteiger partial charge on any atom is 0.270 e. The average molecular weight is 1820 g/mol. The second-order valence-corrected chi connectivity index (χ2v) is 34.6. The fourth-order valence-corrected chi connectivity index (χ4v) is 19.9. The Labute approximate surface area is 685 Å². The Morgan fingerprint density at radius 1 is 0.447 bits per heavy atom. The zero-order valence-corrected chi connectivity index (χ0v) is 68.8. The van der Waals surface area contributed by atoms with Gasteiger partial charge in [-0.3, -0.25) is 14.0 Å². The highest BCUT2D eigenvalue weighted by Gasteiger charge is 2.30. The molecule has 0 radical (unpaired) electrons. The zero-order valence-electron chi connectivity index (χ0n) is 61.0. The number of fused-ring (bicyclic) bond motifs is 4. The molecule has 2 fully saturated rings. The molecule has 5 aromatic carbocycles. The molecule has 2 aliphatic rings. The van der Waals surface area contributed by atoms with E-state index in [1.807, 2.05) is 90.6 Å². The van der Waals surface area contributed by atoms with Gasteiger partial charge in [-0.15, -0.1) is 0 Å². The van der Waals surface area contributed by atoms with E-state index < -0.39 is 30.1 Å². The molecule has 0 amide bonds. The number of pyridine rings is 4. The van der Waals surface area contributed by atoms with Crippen LogP contribution in [0.2, 0.25) is 0 Å². The van der Waals surface area contributed by atoms with Crippen LogP contribution in [0, 0.1) is 26.4 Å². The van der Waals surface area contributed by atoms with Gasteiger partial charge in [0.05, 0.1) is 91.6 Å². The van der Waals surface area contributed by atoms with Crippen LogP contribution in [-0.2, 0) is 60.7 Å². The minimum Gasteiger partial charge on any atom is -0.489 e. The van der Waals surface area contributed by atoms with E-state index in [9.17, 15) is 35.8 Å². The number of H-pyrrole nitrogens is 1. The number of halogens is 3. The molecule has 16 aromatic rings.